The largest absolute Gasteiger partial charge is 0.459 e. The number of carbonyl (C=O) groups is 1. The van der Waals surface area contributed by atoms with E-state index in [2.05, 4.69) is 29.1 Å². The lowest BCUT2D eigenvalue weighted by molar-refractivity contribution is -0.152. The number of carbonyl (C=O) groups excluding carboxylic acids is 1. The van der Waals surface area contributed by atoms with E-state index in [0.717, 1.165) is 15.6 Å². The van der Waals surface area contributed by atoms with Gasteiger partial charge in [0.15, 0.2) is 6.10 Å². The van der Waals surface area contributed by atoms with Gasteiger partial charge >= 0.3 is 5.97 Å². The first-order valence-corrected chi connectivity index (χ1v) is 6.89. The molecular weight excluding hydrogens is 320 g/mol. The number of benzene rings is 1. The van der Waals surface area contributed by atoms with Gasteiger partial charge in [0.05, 0.1) is 0 Å². The minimum Gasteiger partial charge on any atom is -0.459 e. The van der Waals surface area contributed by atoms with Gasteiger partial charge in [-0.25, -0.2) is 4.79 Å². The Labute approximate surface area is 127 Å². The van der Waals surface area contributed by atoms with Crippen LogP contribution in [0.15, 0.2) is 65.7 Å². The number of hydrogen-bond acceptors (Lipinski definition) is 3. The zero-order valence-corrected chi connectivity index (χ0v) is 12.7. The Morgan fingerprint density at radius 1 is 1.35 bits per heavy atom. The molecule has 1 aromatic carbocycles. The first-order valence-electron chi connectivity index (χ1n) is 6.10. The van der Waals surface area contributed by atoms with E-state index < -0.39 is 12.1 Å². The van der Waals surface area contributed by atoms with Gasteiger partial charge in [-0.1, -0.05) is 59.4 Å². The molecule has 4 heteroatoms. The average Bonchev–Trinajstić information content (AvgIpc) is 2.45. The van der Waals surface area contributed by atoms with Gasteiger partial charge in [-0.3, -0.25) is 0 Å². The molecule has 0 aliphatic carbocycles. The third kappa shape index (κ3) is 5.55. The van der Waals surface area contributed by atoms with Crippen molar-refractivity contribution in [3.63, 3.8) is 0 Å². The molecule has 0 amide bonds. The van der Waals surface area contributed by atoms with Crippen molar-refractivity contribution in [2.75, 3.05) is 6.61 Å². The molecule has 0 aromatic heterocycles. The normalized spacial score (nSPS) is 12.6. The third-order valence-corrected chi connectivity index (χ3v) is 3.12. The van der Waals surface area contributed by atoms with Crippen molar-refractivity contribution >= 4 is 21.9 Å². The van der Waals surface area contributed by atoms with Crippen LogP contribution in [-0.4, -0.2) is 23.8 Å². The minimum absolute atomic E-state index is 0.0751. The molecule has 1 unspecified atom stereocenters. The summed E-state index contributed by atoms with van der Waals surface area (Å²) in [5.74, 6) is -0.648. The van der Waals surface area contributed by atoms with Crippen molar-refractivity contribution in [3.05, 3.63) is 71.3 Å². The minimum atomic E-state index is -1.18. The number of esters is 1. The zero-order valence-electron chi connectivity index (χ0n) is 11.1. The molecular formula is C16H17BrO3. The number of aliphatic hydroxyl groups is 1. The lowest BCUT2D eigenvalue weighted by Gasteiger charge is -2.11. The predicted molar refractivity (Wildman–Crippen MR) is 83.3 cm³/mol. The van der Waals surface area contributed by atoms with Crippen LogP contribution in [0, 0.1) is 0 Å². The molecule has 20 heavy (non-hydrogen) atoms. The lowest BCUT2D eigenvalue weighted by atomic mass is 10.1. The molecule has 0 saturated carbocycles. The zero-order chi connectivity index (χ0) is 15.0. The highest BCUT2D eigenvalue weighted by Gasteiger charge is 2.17. The van der Waals surface area contributed by atoms with Crippen molar-refractivity contribution in [2.45, 2.75) is 12.5 Å². The van der Waals surface area contributed by atoms with E-state index in [1.807, 2.05) is 24.3 Å². The Morgan fingerprint density at radius 3 is 2.55 bits per heavy atom. The van der Waals surface area contributed by atoms with Gasteiger partial charge in [-0.2, -0.15) is 0 Å². The summed E-state index contributed by atoms with van der Waals surface area (Å²) in [5, 5.41) is 9.80. The van der Waals surface area contributed by atoms with Crippen LogP contribution in [0.2, 0.25) is 0 Å². The monoisotopic (exact) mass is 336 g/mol. The lowest BCUT2D eigenvalue weighted by Crippen LogP contribution is -2.26. The van der Waals surface area contributed by atoms with Crippen LogP contribution in [0.1, 0.15) is 5.56 Å². The standard InChI is InChI=1S/C16H17BrO3/c1-3-5-12(4-2)11-20-16(19)15(18)10-13-6-8-14(17)9-7-13/h3-9,15,18H,1-2,10-11H2/b12-5+. The van der Waals surface area contributed by atoms with E-state index in [1.165, 1.54) is 0 Å². The second-order valence-electron chi connectivity index (χ2n) is 4.14. The molecule has 106 valence electrons. The Bertz CT molecular complexity index is 503. The maximum Gasteiger partial charge on any atom is 0.335 e. The van der Waals surface area contributed by atoms with Crippen LogP contribution in [-0.2, 0) is 16.0 Å². The van der Waals surface area contributed by atoms with Crippen LogP contribution in [0.3, 0.4) is 0 Å². The Kier molecular flexibility index (Phi) is 6.98. The molecule has 0 bridgehead atoms. The first kappa shape index (κ1) is 16.4. The van der Waals surface area contributed by atoms with Crippen molar-refractivity contribution in [3.8, 4) is 0 Å². The molecule has 0 fully saturated rings. The topological polar surface area (TPSA) is 46.5 Å². The summed E-state index contributed by atoms with van der Waals surface area (Å²) in [6, 6.07) is 7.40. The summed E-state index contributed by atoms with van der Waals surface area (Å²) >= 11 is 3.33. The first-order chi connectivity index (χ1) is 9.56. The second kappa shape index (κ2) is 8.51. The van der Waals surface area contributed by atoms with E-state index >= 15 is 0 Å². The molecule has 0 saturated heterocycles. The molecule has 0 spiro atoms. The highest BCUT2D eigenvalue weighted by molar-refractivity contribution is 9.10. The summed E-state index contributed by atoms with van der Waals surface area (Å²) in [6.07, 6.45) is 3.91. The summed E-state index contributed by atoms with van der Waals surface area (Å²) in [6.45, 7) is 7.23. The van der Waals surface area contributed by atoms with E-state index in [1.54, 1.807) is 18.2 Å². The maximum absolute atomic E-state index is 11.7. The number of hydrogen-bond donors (Lipinski definition) is 1. The third-order valence-electron chi connectivity index (χ3n) is 2.59. The molecule has 1 N–H and O–H groups in total. The van der Waals surface area contributed by atoms with E-state index in [9.17, 15) is 9.90 Å². The summed E-state index contributed by atoms with van der Waals surface area (Å²) in [4.78, 5) is 11.7. The maximum atomic E-state index is 11.7. The molecule has 0 aliphatic rings. The van der Waals surface area contributed by atoms with Crippen LogP contribution >= 0.6 is 15.9 Å². The number of ether oxygens (including phenoxy) is 1. The van der Waals surface area contributed by atoms with Gasteiger partial charge in [0, 0.05) is 10.9 Å². The smallest absolute Gasteiger partial charge is 0.335 e. The summed E-state index contributed by atoms with van der Waals surface area (Å²) in [7, 11) is 0. The van der Waals surface area contributed by atoms with E-state index in [-0.39, 0.29) is 13.0 Å². The highest BCUT2D eigenvalue weighted by Crippen LogP contribution is 2.12. The molecule has 0 heterocycles. The van der Waals surface area contributed by atoms with Gasteiger partial charge in [0.2, 0.25) is 0 Å². The van der Waals surface area contributed by atoms with Gasteiger partial charge in [-0.15, -0.1) is 0 Å². The SMILES string of the molecule is C=C/C=C(\C=C)COC(=O)C(O)Cc1ccc(Br)cc1. The fourth-order valence-corrected chi connectivity index (χ4v) is 1.77. The number of rotatable bonds is 7. The number of allylic oxidation sites excluding steroid dienone is 2. The van der Waals surface area contributed by atoms with E-state index in [0.29, 0.717) is 0 Å². The number of aliphatic hydroxyl groups excluding tert-OH is 1. The van der Waals surface area contributed by atoms with Crippen molar-refractivity contribution < 1.29 is 14.6 Å². The number of halogens is 1. The fraction of sp³-hybridized carbons (Fsp3) is 0.188. The molecule has 0 radical (unpaired) electrons. The van der Waals surface area contributed by atoms with Crippen LogP contribution in [0.25, 0.3) is 0 Å². The fourth-order valence-electron chi connectivity index (χ4n) is 1.50. The van der Waals surface area contributed by atoms with Crippen LogP contribution in [0.5, 0.6) is 0 Å². The van der Waals surface area contributed by atoms with Crippen LogP contribution in [0.4, 0.5) is 0 Å². The summed E-state index contributed by atoms with van der Waals surface area (Å²) < 4.78 is 5.97. The highest BCUT2D eigenvalue weighted by atomic mass is 79.9. The predicted octanol–water partition coefficient (Wildman–Crippen LogP) is 3.19. The van der Waals surface area contributed by atoms with Gasteiger partial charge < -0.3 is 9.84 Å². The Balaban J connectivity index is 2.50. The molecule has 0 aliphatic heterocycles. The van der Waals surface area contributed by atoms with Gasteiger partial charge in [0.25, 0.3) is 0 Å². The average molecular weight is 337 g/mol. The quantitative estimate of drug-likeness (QED) is 0.614. The molecule has 1 aromatic rings. The van der Waals surface area contributed by atoms with Crippen molar-refractivity contribution in [1.82, 2.24) is 0 Å². The Morgan fingerprint density at radius 2 is 2.00 bits per heavy atom. The van der Waals surface area contributed by atoms with Gasteiger partial charge in [0.1, 0.15) is 6.61 Å². The molecule has 3 nitrogen and oxygen atoms in total. The summed E-state index contributed by atoms with van der Waals surface area (Å²) in [5.41, 5.74) is 1.59. The Hall–Kier alpha value is -1.65. The van der Waals surface area contributed by atoms with Crippen molar-refractivity contribution in [2.24, 2.45) is 0 Å². The van der Waals surface area contributed by atoms with Crippen LogP contribution < -0.4 is 0 Å². The van der Waals surface area contributed by atoms with Crippen molar-refractivity contribution in [1.29, 1.82) is 0 Å². The van der Waals surface area contributed by atoms with Gasteiger partial charge in [-0.05, 0) is 23.3 Å². The second-order valence-corrected chi connectivity index (χ2v) is 5.05. The molecule has 1 rings (SSSR count). The van der Waals surface area contributed by atoms with E-state index in [4.69, 9.17) is 4.74 Å². The molecule has 1 atom stereocenters.